The van der Waals surface area contributed by atoms with Crippen molar-refractivity contribution in [2.45, 2.75) is 12.3 Å². The van der Waals surface area contributed by atoms with Crippen molar-refractivity contribution in [1.82, 2.24) is 15.0 Å². The van der Waals surface area contributed by atoms with Gasteiger partial charge >= 0.3 is 0 Å². The molecule has 0 spiro atoms. The zero-order valence-electron chi connectivity index (χ0n) is 13.6. The molecule has 2 aromatic heterocycles. The topological polar surface area (TPSA) is 69.2 Å². The Balaban J connectivity index is 1.48. The molecule has 1 aliphatic heterocycles. The SMILES string of the molecule is c1ccc(Nc2ccc(Oc3nccnc3C3CCOC3)cc2)nc1. The van der Waals surface area contributed by atoms with E-state index < -0.39 is 0 Å². The molecule has 1 N–H and O–H groups in total. The standard InChI is InChI=1S/C19H18N4O2/c1-2-9-20-17(3-1)23-15-4-6-16(7-5-15)25-19-18(21-10-11-22-19)14-8-12-24-13-14/h1-7,9-11,14H,8,12-13H2,(H,20,23). The van der Waals surface area contributed by atoms with Gasteiger partial charge in [-0.25, -0.2) is 9.97 Å². The molecule has 1 aliphatic rings. The maximum atomic E-state index is 5.95. The highest BCUT2D eigenvalue weighted by Gasteiger charge is 2.23. The van der Waals surface area contributed by atoms with Crippen LogP contribution >= 0.6 is 0 Å². The molecule has 1 atom stereocenters. The number of pyridine rings is 1. The summed E-state index contributed by atoms with van der Waals surface area (Å²) in [5.74, 6) is 2.30. The molecule has 25 heavy (non-hydrogen) atoms. The highest BCUT2D eigenvalue weighted by Crippen LogP contribution is 2.32. The van der Waals surface area contributed by atoms with Crippen molar-refractivity contribution in [3.8, 4) is 11.6 Å². The lowest BCUT2D eigenvalue weighted by Crippen LogP contribution is -2.04. The quantitative estimate of drug-likeness (QED) is 0.763. The fourth-order valence-electron chi connectivity index (χ4n) is 2.75. The van der Waals surface area contributed by atoms with Crippen molar-refractivity contribution in [2.24, 2.45) is 0 Å². The van der Waals surface area contributed by atoms with Crippen LogP contribution in [0.25, 0.3) is 0 Å². The predicted octanol–water partition coefficient (Wildman–Crippen LogP) is 3.91. The number of nitrogens with zero attached hydrogens (tertiary/aromatic N) is 3. The van der Waals surface area contributed by atoms with E-state index in [2.05, 4.69) is 20.3 Å². The highest BCUT2D eigenvalue weighted by molar-refractivity contribution is 5.57. The van der Waals surface area contributed by atoms with Crippen molar-refractivity contribution in [2.75, 3.05) is 18.5 Å². The van der Waals surface area contributed by atoms with E-state index >= 15 is 0 Å². The summed E-state index contributed by atoms with van der Waals surface area (Å²) >= 11 is 0. The lowest BCUT2D eigenvalue weighted by atomic mass is 10.1. The van der Waals surface area contributed by atoms with Gasteiger partial charge in [0, 0.05) is 36.8 Å². The van der Waals surface area contributed by atoms with Gasteiger partial charge in [-0.3, -0.25) is 4.98 Å². The van der Waals surface area contributed by atoms with Crippen LogP contribution in [-0.2, 0) is 4.74 Å². The molecule has 1 unspecified atom stereocenters. The number of aromatic nitrogens is 3. The van der Waals surface area contributed by atoms with E-state index in [4.69, 9.17) is 9.47 Å². The minimum atomic E-state index is 0.244. The van der Waals surface area contributed by atoms with Crippen LogP contribution in [0.2, 0.25) is 0 Å². The molecule has 6 heteroatoms. The molecule has 1 fully saturated rings. The van der Waals surface area contributed by atoms with Crippen LogP contribution in [0.5, 0.6) is 11.6 Å². The first-order valence-corrected chi connectivity index (χ1v) is 8.23. The van der Waals surface area contributed by atoms with Gasteiger partial charge in [0.25, 0.3) is 0 Å². The lowest BCUT2D eigenvalue weighted by molar-refractivity contribution is 0.193. The summed E-state index contributed by atoms with van der Waals surface area (Å²) in [6, 6.07) is 13.4. The summed E-state index contributed by atoms with van der Waals surface area (Å²) in [5, 5.41) is 3.24. The van der Waals surface area contributed by atoms with Crippen LogP contribution in [0, 0.1) is 0 Å². The van der Waals surface area contributed by atoms with Crippen molar-refractivity contribution in [3.05, 3.63) is 66.7 Å². The average molecular weight is 334 g/mol. The van der Waals surface area contributed by atoms with E-state index in [9.17, 15) is 0 Å². The number of anilines is 2. The van der Waals surface area contributed by atoms with Gasteiger partial charge in [-0.15, -0.1) is 0 Å². The lowest BCUT2D eigenvalue weighted by Gasteiger charge is -2.13. The third-order valence-corrected chi connectivity index (χ3v) is 4.01. The molecule has 3 heterocycles. The van der Waals surface area contributed by atoms with E-state index in [-0.39, 0.29) is 5.92 Å². The van der Waals surface area contributed by atoms with Crippen LogP contribution in [0.3, 0.4) is 0 Å². The second kappa shape index (κ2) is 7.27. The van der Waals surface area contributed by atoms with Gasteiger partial charge in [0.1, 0.15) is 17.3 Å². The second-order valence-electron chi connectivity index (χ2n) is 5.77. The monoisotopic (exact) mass is 334 g/mol. The minimum Gasteiger partial charge on any atom is -0.437 e. The summed E-state index contributed by atoms with van der Waals surface area (Å²) < 4.78 is 11.4. The van der Waals surface area contributed by atoms with Crippen LogP contribution in [0.1, 0.15) is 18.0 Å². The Kier molecular flexibility index (Phi) is 4.52. The fourth-order valence-corrected chi connectivity index (χ4v) is 2.75. The maximum Gasteiger partial charge on any atom is 0.241 e. The normalized spacial score (nSPS) is 16.6. The summed E-state index contributed by atoms with van der Waals surface area (Å²) in [4.78, 5) is 13.0. The second-order valence-corrected chi connectivity index (χ2v) is 5.77. The Morgan fingerprint density at radius 2 is 1.84 bits per heavy atom. The molecule has 0 radical (unpaired) electrons. The van der Waals surface area contributed by atoms with Gasteiger partial charge in [0.05, 0.1) is 6.61 Å². The van der Waals surface area contributed by atoms with Crippen LogP contribution < -0.4 is 10.1 Å². The zero-order chi connectivity index (χ0) is 16.9. The first kappa shape index (κ1) is 15.5. The first-order chi connectivity index (χ1) is 12.4. The van der Waals surface area contributed by atoms with Gasteiger partial charge in [-0.05, 0) is 42.8 Å². The van der Waals surface area contributed by atoms with Crippen molar-refractivity contribution in [1.29, 1.82) is 0 Å². The number of ether oxygens (including phenoxy) is 2. The molecule has 1 aromatic carbocycles. The number of benzene rings is 1. The molecular weight excluding hydrogens is 316 g/mol. The van der Waals surface area contributed by atoms with E-state index in [0.29, 0.717) is 18.2 Å². The highest BCUT2D eigenvalue weighted by atomic mass is 16.5. The van der Waals surface area contributed by atoms with Crippen molar-refractivity contribution in [3.63, 3.8) is 0 Å². The number of hydrogen-bond donors (Lipinski definition) is 1. The molecule has 0 saturated carbocycles. The molecule has 0 aliphatic carbocycles. The summed E-state index contributed by atoms with van der Waals surface area (Å²) in [6.45, 7) is 1.43. The van der Waals surface area contributed by atoms with E-state index in [1.165, 1.54) is 0 Å². The van der Waals surface area contributed by atoms with Crippen LogP contribution in [0.15, 0.2) is 61.1 Å². The number of hydrogen-bond acceptors (Lipinski definition) is 6. The smallest absolute Gasteiger partial charge is 0.241 e. The Labute approximate surface area is 145 Å². The summed E-state index contributed by atoms with van der Waals surface area (Å²) in [5.41, 5.74) is 1.80. The fraction of sp³-hybridized carbons (Fsp3) is 0.211. The molecule has 0 bridgehead atoms. The van der Waals surface area contributed by atoms with E-state index in [1.54, 1.807) is 18.6 Å². The third kappa shape index (κ3) is 3.75. The van der Waals surface area contributed by atoms with Crippen LogP contribution in [-0.4, -0.2) is 28.2 Å². The number of rotatable bonds is 5. The average Bonchev–Trinajstić information content (AvgIpc) is 3.19. The molecular formula is C19H18N4O2. The Hall–Kier alpha value is -2.99. The Morgan fingerprint density at radius 1 is 0.960 bits per heavy atom. The van der Waals surface area contributed by atoms with Gasteiger partial charge in [0.15, 0.2) is 0 Å². The largest absolute Gasteiger partial charge is 0.437 e. The minimum absolute atomic E-state index is 0.244. The van der Waals surface area contributed by atoms with E-state index in [1.807, 2.05) is 42.5 Å². The first-order valence-electron chi connectivity index (χ1n) is 8.23. The van der Waals surface area contributed by atoms with Gasteiger partial charge in [-0.2, -0.15) is 0 Å². The molecule has 6 nitrogen and oxygen atoms in total. The molecule has 1 saturated heterocycles. The van der Waals surface area contributed by atoms with E-state index in [0.717, 1.165) is 30.2 Å². The van der Waals surface area contributed by atoms with Gasteiger partial charge in [0.2, 0.25) is 5.88 Å². The van der Waals surface area contributed by atoms with Crippen molar-refractivity contribution < 1.29 is 9.47 Å². The Bertz CT molecular complexity index is 818. The molecule has 3 aromatic rings. The Morgan fingerprint density at radius 3 is 2.60 bits per heavy atom. The molecule has 4 rings (SSSR count). The van der Waals surface area contributed by atoms with Gasteiger partial charge in [-0.1, -0.05) is 6.07 Å². The van der Waals surface area contributed by atoms with Crippen LogP contribution in [0.4, 0.5) is 11.5 Å². The maximum absolute atomic E-state index is 5.95. The molecule has 126 valence electrons. The number of nitrogens with one attached hydrogen (secondary N) is 1. The zero-order valence-corrected chi connectivity index (χ0v) is 13.6. The summed E-state index contributed by atoms with van der Waals surface area (Å²) in [6.07, 6.45) is 6.04. The van der Waals surface area contributed by atoms with Crippen molar-refractivity contribution >= 4 is 11.5 Å². The third-order valence-electron chi connectivity index (χ3n) is 4.01. The molecule has 0 amide bonds. The van der Waals surface area contributed by atoms with Gasteiger partial charge < -0.3 is 14.8 Å². The predicted molar refractivity (Wildman–Crippen MR) is 94.2 cm³/mol. The summed E-state index contributed by atoms with van der Waals surface area (Å²) in [7, 11) is 0.